The number of carboxylic acids is 1. The number of methoxy groups -OCH3 is 2. The zero-order valence-electron chi connectivity index (χ0n) is 14.5. The number of carbonyl (C=O) groups is 3. The fourth-order valence-electron chi connectivity index (χ4n) is 2.76. The Morgan fingerprint density at radius 2 is 1.84 bits per heavy atom. The van der Waals surface area contributed by atoms with Gasteiger partial charge in [-0.05, 0) is 0 Å². The third kappa shape index (κ3) is 4.40. The van der Waals surface area contributed by atoms with Crippen LogP contribution >= 0.6 is 0 Å². The molecule has 1 heterocycles. The molecule has 0 radical (unpaired) electrons. The van der Waals surface area contributed by atoms with Crippen molar-refractivity contribution in [2.75, 3.05) is 39.3 Å². The van der Waals surface area contributed by atoms with Crippen molar-refractivity contribution in [1.29, 1.82) is 0 Å². The summed E-state index contributed by atoms with van der Waals surface area (Å²) in [5, 5.41) is 8.72. The van der Waals surface area contributed by atoms with Crippen molar-refractivity contribution < 1.29 is 29.0 Å². The van der Waals surface area contributed by atoms with Crippen LogP contribution in [0.4, 0.5) is 5.69 Å². The second-order valence-electron chi connectivity index (χ2n) is 5.88. The molecule has 1 aromatic carbocycles. The monoisotopic (exact) mass is 350 g/mol. The molecule has 0 aliphatic carbocycles. The number of ether oxygens (including phenoxy) is 2. The van der Waals surface area contributed by atoms with Gasteiger partial charge in [0.1, 0.15) is 11.5 Å². The fourth-order valence-corrected chi connectivity index (χ4v) is 2.76. The number of anilines is 1. The van der Waals surface area contributed by atoms with E-state index in [1.54, 1.807) is 25.2 Å². The average Bonchev–Trinajstić information content (AvgIpc) is 3.00. The van der Waals surface area contributed by atoms with Gasteiger partial charge in [-0.3, -0.25) is 14.4 Å². The normalized spacial score (nSPS) is 16.7. The minimum absolute atomic E-state index is 0.0930. The predicted octanol–water partition coefficient (Wildman–Crippen LogP) is 0.990. The number of carbonyl (C=O) groups excluding carboxylic acids is 2. The van der Waals surface area contributed by atoms with Crippen molar-refractivity contribution in [3.8, 4) is 11.5 Å². The molecule has 25 heavy (non-hydrogen) atoms. The minimum atomic E-state index is -0.966. The van der Waals surface area contributed by atoms with E-state index in [4.69, 9.17) is 14.6 Å². The summed E-state index contributed by atoms with van der Waals surface area (Å²) in [5.41, 5.74) is 0.602. The highest BCUT2D eigenvalue weighted by Crippen LogP contribution is 2.32. The first kappa shape index (κ1) is 18.6. The topological polar surface area (TPSA) is 96.4 Å². The van der Waals surface area contributed by atoms with Crippen molar-refractivity contribution in [1.82, 2.24) is 4.90 Å². The Morgan fingerprint density at radius 3 is 2.36 bits per heavy atom. The van der Waals surface area contributed by atoms with E-state index >= 15 is 0 Å². The standard InChI is InChI=1S/C17H22N2O6/c1-18(5-4-16(21)22)17(23)11-6-15(20)19(10-11)12-7-13(24-2)9-14(8-12)25-3/h7-9,11H,4-6,10H2,1-3H3,(H,21,22). The molecule has 0 bridgehead atoms. The summed E-state index contributed by atoms with van der Waals surface area (Å²) in [4.78, 5) is 38.3. The third-order valence-electron chi connectivity index (χ3n) is 4.16. The summed E-state index contributed by atoms with van der Waals surface area (Å²) in [5.74, 6) is -0.756. The zero-order valence-corrected chi connectivity index (χ0v) is 14.5. The van der Waals surface area contributed by atoms with Gasteiger partial charge in [0.25, 0.3) is 0 Å². The van der Waals surface area contributed by atoms with Crippen LogP contribution in [0, 0.1) is 5.92 Å². The molecule has 1 unspecified atom stereocenters. The summed E-state index contributed by atoms with van der Waals surface area (Å²) in [7, 11) is 4.59. The molecule has 1 atom stereocenters. The van der Waals surface area contributed by atoms with Crippen LogP contribution in [0.2, 0.25) is 0 Å². The lowest BCUT2D eigenvalue weighted by Crippen LogP contribution is -2.36. The molecule has 1 saturated heterocycles. The summed E-state index contributed by atoms with van der Waals surface area (Å²) in [6.07, 6.45) is -0.0323. The first-order valence-electron chi connectivity index (χ1n) is 7.86. The zero-order chi connectivity index (χ0) is 18.6. The number of amides is 2. The maximum absolute atomic E-state index is 12.4. The lowest BCUT2D eigenvalue weighted by atomic mass is 10.1. The van der Waals surface area contributed by atoms with Gasteiger partial charge in [0.2, 0.25) is 11.8 Å². The Balaban J connectivity index is 2.12. The molecule has 8 nitrogen and oxygen atoms in total. The Bertz CT molecular complexity index is 653. The van der Waals surface area contributed by atoms with Crippen molar-refractivity contribution in [2.24, 2.45) is 5.92 Å². The van der Waals surface area contributed by atoms with E-state index in [2.05, 4.69) is 0 Å². The molecule has 0 aromatic heterocycles. The van der Waals surface area contributed by atoms with Gasteiger partial charge in [-0.25, -0.2) is 0 Å². The van der Waals surface area contributed by atoms with Crippen LogP contribution in [0.3, 0.4) is 0 Å². The number of nitrogens with zero attached hydrogens (tertiary/aromatic N) is 2. The molecule has 1 aliphatic rings. The Kier molecular flexibility index (Phi) is 5.84. The highest BCUT2D eigenvalue weighted by atomic mass is 16.5. The van der Waals surface area contributed by atoms with Crippen molar-refractivity contribution >= 4 is 23.5 Å². The average molecular weight is 350 g/mol. The van der Waals surface area contributed by atoms with Gasteiger partial charge in [0.05, 0.1) is 32.2 Å². The molecular formula is C17H22N2O6. The fraction of sp³-hybridized carbons (Fsp3) is 0.471. The molecule has 1 fully saturated rings. The number of aliphatic carboxylic acids is 1. The Hall–Kier alpha value is -2.77. The second kappa shape index (κ2) is 7.87. The first-order chi connectivity index (χ1) is 11.8. The van der Waals surface area contributed by atoms with Crippen LogP contribution in [0.5, 0.6) is 11.5 Å². The van der Waals surface area contributed by atoms with Crippen molar-refractivity contribution in [2.45, 2.75) is 12.8 Å². The summed E-state index contributed by atoms with van der Waals surface area (Å²) in [6, 6.07) is 5.12. The quantitative estimate of drug-likeness (QED) is 0.788. The largest absolute Gasteiger partial charge is 0.497 e. The van der Waals surface area contributed by atoms with E-state index in [0.717, 1.165) is 0 Å². The Labute approximate surface area is 145 Å². The van der Waals surface area contributed by atoms with Gasteiger partial charge in [-0.15, -0.1) is 0 Å². The van der Waals surface area contributed by atoms with E-state index in [9.17, 15) is 14.4 Å². The molecule has 136 valence electrons. The van der Waals surface area contributed by atoms with Crippen molar-refractivity contribution in [3.05, 3.63) is 18.2 Å². The highest BCUT2D eigenvalue weighted by molar-refractivity contribution is 6.00. The molecule has 0 spiro atoms. The van der Waals surface area contributed by atoms with E-state index in [1.807, 2.05) is 0 Å². The molecule has 0 saturated carbocycles. The number of benzene rings is 1. The van der Waals surface area contributed by atoms with Gasteiger partial charge in [-0.1, -0.05) is 0 Å². The molecule has 1 N–H and O–H groups in total. The first-order valence-corrected chi connectivity index (χ1v) is 7.86. The van der Waals surface area contributed by atoms with E-state index in [0.29, 0.717) is 17.2 Å². The van der Waals surface area contributed by atoms with Gasteiger partial charge in [0.15, 0.2) is 0 Å². The van der Waals surface area contributed by atoms with Gasteiger partial charge < -0.3 is 24.4 Å². The van der Waals surface area contributed by atoms with Crippen LogP contribution < -0.4 is 14.4 Å². The maximum Gasteiger partial charge on any atom is 0.305 e. The predicted molar refractivity (Wildman–Crippen MR) is 89.9 cm³/mol. The Morgan fingerprint density at radius 1 is 1.24 bits per heavy atom. The number of hydrogen-bond acceptors (Lipinski definition) is 5. The van der Waals surface area contributed by atoms with E-state index in [1.165, 1.54) is 24.0 Å². The van der Waals surface area contributed by atoms with E-state index in [-0.39, 0.29) is 37.7 Å². The maximum atomic E-state index is 12.4. The molecule has 1 aromatic rings. The van der Waals surface area contributed by atoms with Crippen LogP contribution in [-0.2, 0) is 14.4 Å². The summed E-state index contributed by atoms with van der Waals surface area (Å²) < 4.78 is 10.4. The molecule has 1 aliphatic heterocycles. The van der Waals surface area contributed by atoms with Crippen LogP contribution in [0.15, 0.2) is 18.2 Å². The van der Waals surface area contributed by atoms with Crippen LogP contribution in [-0.4, -0.2) is 62.1 Å². The smallest absolute Gasteiger partial charge is 0.305 e. The van der Waals surface area contributed by atoms with Crippen LogP contribution in [0.25, 0.3) is 0 Å². The summed E-state index contributed by atoms with van der Waals surface area (Å²) >= 11 is 0. The molecule has 2 amide bonds. The number of carboxylic acid groups (broad SMARTS) is 1. The summed E-state index contributed by atoms with van der Waals surface area (Å²) in [6.45, 7) is 0.358. The lowest BCUT2D eigenvalue weighted by Gasteiger charge is -2.21. The van der Waals surface area contributed by atoms with Gasteiger partial charge in [0, 0.05) is 44.8 Å². The second-order valence-corrected chi connectivity index (χ2v) is 5.88. The highest BCUT2D eigenvalue weighted by Gasteiger charge is 2.36. The molecule has 2 rings (SSSR count). The van der Waals surface area contributed by atoms with Gasteiger partial charge >= 0.3 is 5.97 Å². The number of hydrogen-bond donors (Lipinski definition) is 1. The number of rotatable bonds is 7. The third-order valence-corrected chi connectivity index (χ3v) is 4.16. The minimum Gasteiger partial charge on any atom is -0.497 e. The van der Waals surface area contributed by atoms with E-state index < -0.39 is 11.9 Å². The lowest BCUT2D eigenvalue weighted by molar-refractivity contribution is -0.139. The van der Waals surface area contributed by atoms with Gasteiger partial charge in [-0.2, -0.15) is 0 Å². The van der Waals surface area contributed by atoms with Crippen molar-refractivity contribution in [3.63, 3.8) is 0 Å². The van der Waals surface area contributed by atoms with Crippen LogP contribution in [0.1, 0.15) is 12.8 Å². The SMILES string of the molecule is COc1cc(OC)cc(N2CC(C(=O)N(C)CCC(=O)O)CC2=O)c1. The molecular weight excluding hydrogens is 328 g/mol. The molecule has 8 heteroatoms.